The highest BCUT2D eigenvalue weighted by atomic mass is 16.7. The molecular weight excluding hydrogens is 446 g/mol. The number of rotatable bonds is 14. The molecule has 1 aromatic heterocycles. The summed E-state index contributed by atoms with van der Waals surface area (Å²) in [5.41, 5.74) is 2.30. The van der Waals surface area contributed by atoms with E-state index in [4.69, 9.17) is 14.6 Å². The maximum atomic E-state index is 12.6. The van der Waals surface area contributed by atoms with Crippen molar-refractivity contribution in [3.63, 3.8) is 0 Å². The largest absolute Gasteiger partial charge is 0.511 e. The van der Waals surface area contributed by atoms with E-state index in [-0.39, 0.29) is 30.5 Å². The van der Waals surface area contributed by atoms with Gasteiger partial charge in [0.15, 0.2) is 11.6 Å². The molecule has 2 aromatic carbocycles. The number of hydrogen-bond acceptors (Lipinski definition) is 5. The van der Waals surface area contributed by atoms with Crippen molar-refractivity contribution in [2.24, 2.45) is 0 Å². The Morgan fingerprint density at radius 1 is 0.914 bits per heavy atom. The zero-order valence-corrected chi connectivity index (χ0v) is 20.4. The maximum absolute atomic E-state index is 12.6. The summed E-state index contributed by atoms with van der Waals surface area (Å²) < 4.78 is 12.0. The molecule has 0 bridgehead atoms. The fourth-order valence-corrected chi connectivity index (χ4v) is 4.11. The van der Waals surface area contributed by atoms with E-state index in [1.165, 1.54) is 63.1 Å². The Morgan fingerprint density at radius 2 is 1.60 bits per heavy atom. The van der Waals surface area contributed by atoms with Gasteiger partial charge in [0, 0.05) is 22.7 Å². The van der Waals surface area contributed by atoms with Crippen molar-refractivity contribution in [2.75, 3.05) is 6.61 Å². The van der Waals surface area contributed by atoms with Gasteiger partial charge in [0.25, 0.3) is 0 Å². The molecule has 0 saturated carbocycles. The van der Waals surface area contributed by atoms with Gasteiger partial charge in [0.2, 0.25) is 0 Å². The van der Waals surface area contributed by atoms with Crippen LogP contribution < -0.4 is 9.47 Å². The monoisotopic (exact) mass is 479 g/mol. The number of Topliss-reactive ketones (excluding diaryl/α,β-unsaturated/α-hetero) is 2. The van der Waals surface area contributed by atoms with Gasteiger partial charge in [0.05, 0.1) is 6.54 Å². The minimum absolute atomic E-state index is 0.0268. The summed E-state index contributed by atoms with van der Waals surface area (Å²) in [7, 11) is 0. The third-order valence-electron chi connectivity index (χ3n) is 5.93. The van der Waals surface area contributed by atoms with E-state index in [9.17, 15) is 14.4 Å². The number of unbranched alkanes of at least 4 members (excludes halogenated alkanes) is 5. The number of hydrogen-bond donors (Lipinski definition) is 1. The van der Waals surface area contributed by atoms with E-state index < -0.39 is 6.16 Å². The molecular formula is C28H33NO6. The van der Waals surface area contributed by atoms with Crippen LogP contribution in [0.5, 0.6) is 11.5 Å². The van der Waals surface area contributed by atoms with E-state index in [2.05, 4.69) is 6.92 Å². The smallest absolute Gasteiger partial charge is 0.486 e. The second kappa shape index (κ2) is 12.7. The zero-order valence-electron chi connectivity index (χ0n) is 20.4. The standard InChI is InChI=1S/C28H33NO6/c1-3-4-5-6-7-8-9-21-10-12-23(13-11-21)34-19-22(31)17-29-18-26(20(2)30)25-16-24(35-28(32)33)14-15-27(25)29/h10-16,18H,3-9,17,19H2,1-2H3,(H,32,33). The Morgan fingerprint density at radius 3 is 2.29 bits per heavy atom. The maximum Gasteiger partial charge on any atom is 0.511 e. The number of benzene rings is 2. The van der Waals surface area contributed by atoms with Gasteiger partial charge in [-0.15, -0.1) is 0 Å². The van der Waals surface area contributed by atoms with Crippen LogP contribution in [0.3, 0.4) is 0 Å². The van der Waals surface area contributed by atoms with E-state index in [0.29, 0.717) is 22.2 Å². The molecule has 0 unspecified atom stereocenters. The quantitative estimate of drug-likeness (QED) is 0.124. The lowest BCUT2D eigenvalue weighted by Gasteiger charge is -2.09. The minimum atomic E-state index is -1.43. The molecule has 0 aliphatic rings. The lowest BCUT2D eigenvalue weighted by Crippen LogP contribution is -2.17. The molecule has 0 atom stereocenters. The first kappa shape index (κ1) is 26.0. The van der Waals surface area contributed by atoms with E-state index >= 15 is 0 Å². The molecule has 1 N–H and O–H groups in total. The molecule has 3 rings (SSSR count). The number of nitrogens with zero attached hydrogens (tertiary/aromatic N) is 1. The van der Waals surface area contributed by atoms with Crippen molar-refractivity contribution in [2.45, 2.75) is 65.3 Å². The van der Waals surface area contributed by atoms with Crippen LogP contribution in [0.25, 0.3) is 10.9 Å². The first-order chi connectivity index (χ1) is 16.9. The van der Waals surface area contributed by atoms with Crippen LogP contribution in [0.15, 0.2) is 48.7 Å². The summed E-state index contributed by atoms with van der Waals surface area (Å²) >= 11 is 0. The average molecular weight is 480 g/mol. The third-order valence-corrected chi connectivity index (χ3v) is 5.93. The van der Waals surface area contributed by atoms with Crippen LogP contribution in [0, 0.1) is 0 Å². The number of ketones is 2. The van der Waals surface area contributed by atoms with Crippen LogP contribution in [0.2, 0.25) is 0 Å². The first-order valence-corrected chi connectivity index (χ1v) is 12.2. The number of carbonyl (C=O) groups excluding carboxylic acids is 2. The van der Waals surface area contributed by atoms with Gasteiger partial charge in [-0.2, -0.15) is 0 Å². The van der Waals surface area contributed by atoms with E-state index in [1.54, 1.807) is 16.8 Å². The molecule has 0 radical (unpaired) electrons. The Hall–Kier alpha value is -3.61. The van der Waals surface area contributed by atoms with Crippen LogP contribution in [0.4, 0.5) is 4.79 Å². The Balaban J connectivity index is 1.55. The molecule has 186 valence electrons. The Bertz CT molecular complexity index is 1160. The van der Waals surface area contributed by atoms with Crippen molar-refractivity contribution in [1.82, 2.24) is 4.57 Å². The molecule has 0 fully saturated rings. The molecule has 3 aromatic rings. The topological polar surface area (TPSA) is 94.8 Å². The van der Waals surface area contributed by atoms with Crippen LogP contribution in [0.1, 0.15) is 68.3 Å². The molecule has 0 spiro atoms. The lowest BCUT2D eigenvalue weighted by atomic mass is 10.0. The van der Waals surface area contributed by atoms with Crippen molar-refractivity contribution in [3.05, 3.63) is 59.8 Å². The highest BCUT2D eigenvalue weighted by molar-refractivity contribution is 6.07. The van der Waals surface area contributed by atoms with Gasteiger partial charge >= 0.3 is 6.16 Å². The zero-order chi connectivity index (χ0) is 25.2. The molecule has 0 aliphatic heterocycles. The molecule has 1 heterocycles. The molecule has 0 amide bonds. The molecule has 0 saturated heterocycles. The summed E-state index contributed by atoms with van der Waals surface area (Å²) in [6, 6.07) is 12.5. The van der Waals surface area contributed by atoms with Crippen molar-refractivity contribution >= 4 is 28.6 Å². The number of ether oxygens (including phenoxy) is 2. The van der Waals surface area contributed by atoms with Crippen molar-refractivity contribution in [3.8, 4) is 11.5 Å². The van der Waals surface area contributed by atoms with Crippen molar-refractivity contribution < 1.29 is 29.0 Å². The number of aromatic nitrogens is 1. The molecule has 35 heavy (non-hydrogen) atoms. The van der Waals surface area contributed by atoms with Crippen LogP contribution in [-0.4, -0.2) is 34.0 Å². The SMILES string of the molecule is CCCCCCCCc1ccc(OCC(=O)Cn2cc(C(C)=O)c3cc(OC(=O)O)ccc32)cc1. The molecule has 7 heteroatoms. The second-order valence-corrected chi connectivity index (χ2v) is 8.76. The highest BCUT2D eigenvalue weighted by Gasteiger charge is 2.16. The van der Waals surface area contributed by atoms with Gasteiger partial charge in [-0.3, -0.25) is 9.59 Å². The molecule has 7 nitrogen and oxygen atoms in total. The summed E-state index contributed by atoms with van der Waals surface area (Å²) in [5.74, 6) is 0.409. The van der Waals surface area contributed by atoms with Crippen molar-refractivity contribution in [1.29, 1.82) is 0 Å². The van der Waals surface area contributed by atoms with E-state index in [0.717, 1.165) is 6.42 Å². The Kier molecular flexibility index (Phi) is 9.47. The first-order valence-electron chi connectivity index (χ1n) is 12.2. The van der Waals surface area contributed by atoms with Gasteiger partial charge in [-0.05, 0) is 55.7 Å². The molecule has 0 aliphatic carbocycles. The fourth-order valence-electron chi connectivity index (χ4n) is 4.11. The number of fused-ring (bicyclic) bond motifs is 1. The van der Waals surface area contributed by atoms with Gasteiger partial charge < -0.3 is 19.1 Å². The van der Waals surface area contributed by atoms with Crippen LogP contribution in [-0.2, 0) is 17.8 Å². The number of carbonyl (C=O) groups is 3. The predicted molar refractivity (Wildman–Crippen MR) is 135 cm³/mol. The average Bonchev–Trinajstić information content (AvgIpc) is 3.18. The fraction of sp³-hybridized carbons (Fsp3) is 0.393. The summed E-state index contributed by atoms with van der Waals surface area (Å²) in [4.78, 5) is 35.5. The van der Waals surface area contributed by atoms with Gasteiger partial charge in [0.1, 0.15) is 18.1 Å². The highest BCUT2D eigenvalue weighted by Crippen LogP contribution is 2.27. The summed E-state index contributed by atoms with van der Waals surface area (Å²) in [6.45, 7) is 3.58. The second-order valence-electron chi connectivity index (χ2n) is 8.76. The number of aryl methyl sites for hydroxylation is 1. The normalized spacial score (nSPS) is 10.9. The minimum Gasteiger partial charge on any atom is -0.486 e. The summed E-state index contributed by atoms with van der Waals surface area (Å²) in [6.07, 6.45) is 8.82. The van der Waals surface area contributed by atoms with Gasteiger partial charge in [-0.25, -0.2) is 4.79 Å². The van der Waals surface area contributed by atoms with E-state index in [1.807, 2.05) is 24.3 Å². The van der Waals surface area contributed by atoms with Crippen LogP contribution >= 0.6 is 0 Å². The summed E-state index contributed by atoms with van der Waals surface area (Å²) in [5, 5.41) is 9.36. The number of carboxylic acid groups (broad SMARTS) is 1. The lowest BCUT2D eigenvalue weighted by molar-refractivity contribution is -0.121. The van der Waals surface area contributed by atoms with Gasteiger partial charge in [-0.1, -0.05) is 51.2 Å². The predicted octanol–water partition coefficient (Wildman–Crippen LogP) is 6.45. The Labute approximate surface area is 205 Å². The third kappa shape index (κ3) is 7.70.